The molecule has 0 aliphatic carbocycles. The second kappa shape index (κ2) is 8.43. The summed E-state index contributed by atoms with van der Waals surface area (Å²) in [5, 5.41) is 2.54. The smallest absolute Gasteiger partial charge is 0.273 e. The molecule has 1 heterocycles. The summed E-state index contributed by atoms with van der Waals surface area (Å²) in [5.74, 6) is 0.477. The number of oxazole rings is 1. The van der Waals surface area contributed by atoms with E-state index in [0.717, 1.165) is 6.42 Å². The van der Waals surface area contributed by atoms with Gasteiger partial charge in [-0.25, -0.2) is 4.98 Å². The number of hydrogen-bond acceptors (Lipinski definition) is 6. The van der Waals surface area contributed by atoms with E-state index in [0.29, 0.717) is 17.2 Å². The number of aromatic nitrogens is 1. The van der Waals surface area contributed by atoms with Gasteiger partial charge in [0, 0.05) is 5.56 Å². The molecule has 3 N–H and O–H groups in total. The molecule has 0 aliphatic heterocycles. The highest BCUT2D eigenvalue weighted by atomic mass is 16.5. The van der Waals surface area contributed by atoms with Gasteiger partial charge in [-0.15, -0.1) is 0 Å². The summed E-state index contributed by atoms with van der Waals surface area (Å²) in [7, 11) is 1.55. The molecule has 7 heteroatoms. The molecule has 0 aliphatic rings. The van der Waals surface area contributed by atoms with Gasteiger partial charge in [-0.05, 0) is 30.2 Å². The number of ketones is 1. The number of carbonyl (C=O) groups excluding carboxylic acids is 2. The molecule has 2 unspecified atom stereocenters. The second-order valence-electron chi connectivity index (χ2n) is 5.82. The summed E-state index contributed by atoms with van der Waals surface area (Å²) in [4.78, 5) is 28.3. The molecule has 7 nitrogen and oxygen atoms in total. The van der Waals surface area contributed by atoms with Gasteiger partial charge in [0.05, 0.1) is 19.7 Å². The van der Waals surface area contributed by atoms with Gasteiger partial charge in [-0.2, -0.15) is 0 Å². The Morgan fingerprint density at radius 3 is 2.60 bits per heavy atom. The van der Waals surface area contributed by atoms with Crippen molar-refractivity contribution in [2.75, 3.05) is 13.7 Å². The monoisotopic (exact) mass is 345 g/mol. The zero-order valence-electron chi connectivity index (χ0n) is 14.6. The summed E-state index contributed by atoms with van der Waals surface area (Å²) in [6.07, 6.45) is 2.13. The van der Waals surface area contributed by atoms with Crippen LogP contribution >= 0.6 is 0 Å². The van der Waals surface area contributed by atoms with Crippen molar-refractivity contribution >= 4 is 11.7 Å². The molecule has 134 valence electrons. The molecule has 2 atom stereocenters. The third-order valence-electron chi connectivity index (χ3n) is 4.12. The Labute approximate surface area is 146 Å². The van der Waals surface area contributed by atoms with Crippen molar-refractivity contribution in [1.82, 2.24) is 10.3 Å². The van der Waals surface area contributed by atoms with Crippen LogP contribution in [-0.4, -0.2) is 30.3 Å². The van der Waals surface area contributed by atoms with Crippen molar-refractivity contribution < 1.29 is 18.7 Å². The van der Waals surface area contributed by atoms with Gasteiger partial charge in [-0.1, -0.05) is 20.3 Å². The first-order valence-corrected chi connectivity index (χ1v) is 8.12. The van der Waals surface area contributed by atoms with Crippen LogP contribution in [0.2, 0.25) is 0 Å². The number of nitrogens with two attached hydrogens (primary N) is 1. The molecule has 0 bridgehead atoms. The number of nitrogens with zero attached hydrogens (tertiary/aromatic N) is 1. The van der Waals surface area contributed by atoms with E-state index in [2.05, 4.69) is 10.3 Å². The molecule has 0 spiro atoms. The lowest BCUT2D eigenvalue weighted by molar-refractivity contribution is 0.0900. The Balaban J connectivity index is 1.93. The maximum absolute atomic E-state index is 12.1. The van der Waals surface area contributed by atoms with Crippen molar-refractivity contribution in [1.29, 1.82) is 0 Å². The van der Waals surface area contributed by atoms with E-state index >= 15 is 0 Å². The largest absolute Gasteiger partial charge is 0.497 e. The average molecular weight is 345 g/mol. The molecule has 25 heavy (non-hydrogen) atoms. The van der Waals surface area contributed by atoms with Crippen LogP contribution in [0, 0.1) is 5.92 Å². The number of nitrogens with one attached hydrogen (secondary N) is 1. The Morgan fingerprint density at radius 1 is 1.32 bits per heavy atom. The van der Waals surface area contributed by atoms with E-state index in [1.807, 2.05) is 13.8 Å². The van der Waals surface area contributed by atoms with Crippen LogP contribution in [0.25, 0.3) is 0 Å². The fourth-order valence-electron chi connectivity index (χ4n) is 2.17. The maximum atomic E-state index is 12.1. The van der Waals surface area contributed by atoms with Gasteiger partial charge in [-0.3, -0.25) is 9.59 Å². The number of hydrogen-bond donors (Lipinski definition) is 2. The van der Waals surface area contributed by atoms with Crippen LogP contribution in [-0.2, 0) is 0 Å². The number of methoxy groups -OCH3 is 1. The van der Waals surface area contributed by atoms with E-state index < -0.39 is 5.91 Å². The van der Waals surface area contributed by atoms with E-state index in [1.54, 1.807) is 31.4 Å². The molecule has 0 saturated carbocycles. The first kappa shape index (κ1) is 18.7. The average Bonchev–Trinajstić information content (AvgIpc) is 3.14. The topological polar surface area (TPSA) is 107 Å². The van der Waals surface area contributed by atoms with Crippen LogP contribution in [0.1, 0.15) is 53.0 Å². The van der Waals surface area contributed by atoms with Crippen LogP contribution in [0.5, 0.6) is 5.75 Å². The van der Waals surface area contributed by atoms with Crippen molar-refractivity contribution in [2.24, 2.45) is 11.7 Å². The van der Waals surface area contributed by atoms with Gasteiger partial charge < -0.3 is 20.2 Å². The third kappa shape index (κ3) is 4.67. The maximum Gasteiger partial charge on any atom is 0.273 e. The highest BCUT2D eigenvalue weighted by Gasteiger charge is 2.21. The zero-order chi connectivity index (χ0) is 18.4. The summed E-state index contributed by atoms with van der Waals surface area (Å²) in [6, 6.07) is 6.30. The Hall–Kier alpha value is -2.67. The SMILES string of the molecule is CCC(C)C(N)c1nc(C(=O)NCC(=O)c2ccc(OC)cc2)co1. The standard InChI is InChI=1S/C18H23N3O4/c1-4-11(2)16(19)18-21-14(10-25-18)17(23)20-9-15(22)12-5-7-13(24-3)8-6-12/h5-8,10-11,16H,4,9,19H2,1-3H3,(H,20,23). The predicted octanol–water partition coefficient (Wildman–Crippen LogP) is 2.34. The molecular formula is C18H23N3O4. The van der Waals surface area contributed by atoms with Gasteiger partial charge in [0.2, 0.25) is 5.89 Å². The van der Waals surface area contributed by atoms with Gasteiger partial charge >= 0.3 is 0 Å². The highest BCUT2D eigenvalue weighted by Crippen LogP contribution is 2.21. The fourth-order valence-corrected chi connectivity index (χ4v) is 2.17. The Morgan fingerprint density at radius 2 is 2.00 bits per heavy atom. The van der Waals surface area contributed by atoms with Crippen molar-refractivity contribution in [3.05, 3.63) is 47.7 Å². The number of rotatable bonds is 8. The lowest BCUT2D eigenvalue weighted by Crippen LogP contribution is -2.30. The molecule has 2 rings (SSSR count). The lowest BCUT2D eigenvalue weighted by atomic mass is 10.0. The van der Waals surface area contributed by atoms with Crippen LogP contribution in [0.15, 0.2) is 34.9 Å². The summed E-state index contributed by atoms with van der Waals surface area (Å²) in [6.45, 7) is 3.87. The number of carbonyl (C=O) groups is 2. The molecule has 1 amide bonds. The van der Waals surface area contributed by atoms with Gasteiger partial charge in [0.25, 0.3) is 5.91 Å². The summed E-state index contributed by atoms with van der Waals surface area (Å²) >= 11 is 0. The molecule has 1 aromatic heterocycles. The summed E-state index contributed by atoms with van der Waals surface area (Å²) < 4.78 is 10.3. The minimum atomic E-state index is -0.479. The summed E-state index contributed by atoms with van der Waals surface area (Å²) in [5.41, 5.74) is 6.63. The lowest BCUT2D eigenvalue weighted by Gasteiger charge is -2.13. The van der Waals surface area contributed by atoms with Crippen LogP contribution in [0.4, 0.5) is 0 Å². The van der Waals surface area contributed by atoms with E-state index in [1.165, 1.54) is 6.26 Å². The van der Waals surface area contributed by atoms with E-state index in [9.17, 15) is 9.59 Å². The zero-order valence-corrected chi connectivity index (χ0v) is 14.6. The van der Waals surface area contributed by atoms with Gasteiger partial charge in [0.15, 0.2) is 11.5 Å². The Kier molecular flexibility index (Phi) is 6.30. The molecule has 0 saturated heterocycles. The van der Waals surface area contributed by atoms with Crippen molar-refractivity contribution in [2.45, 2.75) is 26.3 Å². The van der Waals surface area contributed by atoms with Crippen molar-refractivity contribution in [3.8, 4) is 5.75 Å². The normalized spacial score (nSPS) is 13.1. The molecule has 1 aromatic carbocycles. The molecule has 2 aromatic rings. The van der Waals surface area contributed by atoms with Gasteiger partial charge in [0.1, 0.15) is 12.0 Å². The predicted molar refractivity (Wildman–Crippen MR) is 92.5 cm³/mol. The second-order valence-corrected chi connectivity index (χ2v) is 5.82. The number of amides is 1. The fraction of sp³-hybridized carbons (Fsp3) is 0.389. The minimum absolute atomic E-state index is 0.108. The number of benzene rings is 1. The minimum Gasteiger partial charge on any atom is -0.497 e. The quantitative estimate of drug-likeness (QED) is 0.711. The molecular weight excluding hydrogens is 322 g/mol. The van der Waals surface area contributed by atoms with Crippen molar-refractivity contribution in [3.63, 3.8) is 0 Å². The highest BCUT2D eigenvalue weighted by molar-refractivity contribution is 6.01. The first-order valence-electron chi connectivity index (χ1n) is 8.12. The molecule has 0 fully saturated rings. The van der Waals surface area contributed by atoms with E-state index in [4.69, 9.17) is 14.9 Å². The first-order chi connectivity index (χ1) is 12.0. The van der Waals surface area contributed by atoms with Crippen LogP contribution < -0.4 is 15.8 Å². The third-order valence-corrected chi connectivity index (χ3v) is 4.12. The Bertz CT molecular complexity index is 724. The van der Waals surface area contributed by atoms with E-state index in [-0.39, 0.29) is 30.0 Å². The number of Topliss-reactive ketones (excluding diaryl/α,β-unsaturated/α-hetero) is 1. The molecule has 0 radical (unpaired) electrons. The number of ether oxygens (including phenoxy) is 1. The van der Waals surface area contributed by atoms with Crippen LogP contribution in [0.3, 0.4) is 0 Å².